The van der Waals surface area contributed by atoms with E-state index >= 15 is 0 Å². The van der Waals surface area contributed by atoms with Gasteiger partial charge in [0.2, 0.25) is 0 Å². The molecule has 0 aliphatic heterocycles. The van der Waals surface area contributed by atoms with Gasteiger partial charge >= 0.3 is 5.97 Å². The third-order valence-electron chi connectivity index (χ3n) is 3.74. The minimum atomic E-state index is -0.550. The zero-order valence-corrected chi connectivity index (χ0v) is 13.6. The van der Waals surface area contributed by atoms with Gasteiger partial charge in [0.25, 0.3) is 0 Å². The average molecular weight is 272 g/mol. The summed E-state index contributed by atoms with van der Waals surface area (Å²) in [6.45, 7) is 8.65. The summed E-state index contributed by atoms with van der Waals surface area (Å²) in [4.78, 5) is 14.0. The van der Waals surface area contributed by atoms with Crippen LogP contribution in [0.15, 0.2) is 0 Å². The Hall–Kier alpha value is -0.610. The quantitative estimate of drug-likeness (QED) is 0.489. The van der Waals surface area contributed by atoms with Crippen molar-refractivity contribution in [2.45, 2.75) is 52.0 Å². The average Bonchev–Trinajstić information content (AvgIpc) is 2.39. The van der Waals surface area contributed by atoms with Crippen LogP contribution < -0.4 is 5.32 Å². The fourth-order valence-corrected chi connectivity index (χ4v) is 2.01. The van der Waals surface area contributed by atoms with Gasteiger partial charge in [-0.05, 0) is 65.7 Å². The van der Waals surface area contributed by atoms with Crippen molar-refractivity contribution in [3.63, 3.8) is 0 Å². The summed E-state index contributed by atoms with van der Waals surface area (Å²) in [5, 5.41) is 3.07. The van der Waals surface area contributed by atoms with Crippen molar-refractivity contribution in [2.24, 2.45) is 5.92 Å². The van der Waals surface area contributed by atoms with E-state index < -0.39 is 5.54 Å². The topological polar surface area (TPSA) is 41.6 Å². The third-order valence-corrected chi connectivity index (χ3v) is 3.74. The molecular weight excluding hydrogens is 240 g/mol. The van der Waals surface area contributed by atoms with E-state index in [4.69, 9.17) is 4.74 Å². The maximum absolute atomic E-state index is 11.7. The number of esters is 1. The number of carbonyl (C=O) groups is 1. The highest BCUT2D eigenvalue weighted by Gasteiger charge is 2.31. The van der Waals surface area contributed by atoms with E-state index in [1.165, 1.54) is 13.5 Å². The molecule has 0 aliphatic rings. The fourth-order valence-electron chi connectivity index (χ4n) is 2.01. The van der Waals surface area contributed by atoms with Crippen LogP contribution in [0.4, 0.5) is 0 Å². The molecule has 0 amide bonds. The third kappa shape index (κ3) is 7.53. The minimum absolute atomic E-state index is 0.178. The van der Waals surface area contributed by atoms with Crippen molar-refractivity contribution in [2.75, 3.05) is 34.3 Å². The summed E-state index contributed by atoms with van der Waals surface area (Å²) >= 11 is 0. The van der Waals surface area contributed by atoms with Gasteiger partial charge in [-0.2, -0.15) is 0 Å². The summed E-state index contributed by atoms with van der Waals surface area (Å²) in [6.07, 6.45) is 4.20. The number of ether oxygens (including phenoxy) is 1. The number of rotatable bonds is 10. The van der Waals surface area contributed by atoms with Gasteiger partial charge in [0.05, 0.1) is 7.11 Å². The Labute approximate surface area is 118 Å². The van der Waals surface area contributed by atoms with Crippen molar-refractivity contribution < 1.29 is 9.53 Å². The molecule has 0 fully saturated rings. The summed E-state index contributed by atoms with van der Waals surface area (Å²) in [6, 6.07) is 0. The highest BCUT2D eigenvalue weighted by atomic mass is 16.5. The summed E-state index contributed by atoms with van der Waals surface area (Å²) in [5.41, 5.74) is -0.550. The lowest BCUT2D eigenvalue weighted by Gasteiger charge is -2.26. The lowest BCUT2D eigenvalue weighted by Crippen LogP contribution is -2.48. The molecule has 0 spiro atoms. The van der Waals surface area contributed by atoms with Crippen LogP contribution in [0.3, 0.4) is 0 Å². The molecular formula is C15H32N2O2. The molecule has 0 aromatic carbocycles. The monoisotopic (exact) mass is 272 g/mol. The Morgan fingerprint density at radius 3 is 2.42 bits per heavy atom. The summed E-state index contributed by atoms with van der Waals surface area (Å²) in [5.74, 6) is 0.581. The lowest BCUT2D eigenvalue weighted by molar-refractivity contribution is -0.148. The van der Waals surface area contributed by atoms with Crippen LogP contribution in [-0.4, -0.2) is 50.7 Å². The molecule has 4 nitrogen and oxygen atoms in total. The summed E-state index contributed by atoms with van der Waals surface area (Å²) < 4.78 is 4.84. The largest absolute Gasteiger partial charge is 0.468 e. The van der Waals surface area contributed by atoms with Gasteiger partial charge in [-0.25, -0.2) is 0 Å². The normalized spacial score (nSPS) is 14.7. The molecule has 1 N–H and O–H groups in total. The predicted octanol–water partition coefficient (Wildman–Crippen LogP) is 2.29. The van der Waals surface area contributed by atoms with Crippen LogP contribution in [0.5, 0.6) is 0 Å². The number of likely N-dealkylation sites (N-methyl/N-ethyl adjacent to an activating group) is 1. The Kier molecular flexibility index (Phi) is 9.02. The second kappa shape index (κ2) is 9.32. The van der Waals surface area contributed by atoms with Crippen molar-refractivity contribution >= 4 is 5.97 Å². The van der Waals surface area contributed by atoms with Gasteiger partial charge in [0, 0.05) is 0 Å². The second-order valence-electron chi connectivity index (χ2n) is 6.02. The van der Waals surface area contributed by atoms with Gasteiger partial charge in [0.1, 0.15) is 5.54 Å². The minimum Gasteiger partial charge on any atom is -0.468 e. The fraction of sp³-hybridized carbons (Fsp3) is 0.933. The van der Waals surface area contributed by atoms with E-state index in [0.29, 0.717) is 0 Å². The van der Waals surface area contributed by atoms with Gasteiger partial charge in [-0.1, -0.05) is 13.8 Å². The molecule has 0 saturated carbocycles. The second-order valence-corrected chi connectivity index (χ2v) is 6.02. The van der Waals surface area contributed by atoms with Crippen LogP contribution in [-0.2, 0) is 9.53 Å². The molecule has 0 aliphatic carbocycles. The summed E-state index contributed by atoms with van der Waals surface area (Å²) in [7, 11) is 5.42. The van der Waals surface area contributed by atoms with Crippen molar-refractivity contribution in [3.8, 4) is 0 Å². The van der Waals surface area contributed by atoms with E-state index in [9.17, 15) is 4.79 Å². The van der Waals surface area contributed by atoms with E-state index in [0.717, 1.165) is 38.3 Å². The molecule has 0 bridgehead atoms. The smallest absolute Gasteiger partial charge is 0.325 e. The Bertz CT molecular complexity index is 257. The number of hydrogen-bond acceptors (Lipinski definition) is 4. The number of nitrogens with one attached hydrogen (secondary N) is 1. The first-order chi connectivity index (χ1) is 8.85. The molecule has 0 aromatic rings. The molecule has 1 unspecified atom stereocenters. The van der Waals surface area contributed by atoms with Crippen LogP contribution >= 0.6 is 0 Å². The molecule has 0 saturated heterocycles. The molecule has 1 atom stereocenters. The molecule has 0 heterocycles. The molecule has 19 heavy (non-hydrogen) atoms. The van der Waals surface area contributed by atoms with Crippen molar-refractivity contribution in [1.29, 1.82) is 0 Å². The Morgan fingerprint density at radius 2 is 1.95 bits per heavy atom. The molecule has 4 heteroatoms. The van der Waals surface area contributed by atoms with Gasteiger partial charge in [-0.15, -0.1) is 0 Å². The van der Waals surface area contributed by atoms with Gasteiger partial charge in [-0.3, -0.25) is 4.79 Å². The zero-order chi connectivity index (χ0) is 14.9. The SMILES string of the molecule is CNC(C)(CCCCN(C)CCC(C)C)C(=O)OC. The molecule has 114 valence electrons. The lowest BCUT2D eigenvalue weighted by atomic mass is 9.95. The first-order valence-electron chi connectivity index (χ1n) is 7.31. The standard InChI is InChI=1S/C15H32N2O2/c1-13(2)9-12-17(5)11-8-7-10-15(3,16-4)14(18)19-6/h13,16H,7-12H2,1-6H3. The van der Waals surface area contributed by atoms with Crippen LogP contribution in [0.2, 0.25) is 0 Å². The number of unbranched alkanes of at least 4 members (excludes halogenated alkanes) is 1. The van der Waals surface area contributed by atoms with Gasteiger partial charge < -0.3 is 15.0 Å². The van der Waals surface area contributed by atoms with Crippen LogP contribution in [0, 0.1) is 5.92 Å². The predicted molar refractivity (Wildman–Crippen MR) is 80.3 cm³/mol. The Morgan fingerprint density at radius 1 is 1.32 bits per heavy atom. The van der Waals surface area contributed by atoms with E-state index in [-0.39, 0.29) is 5.97 Å². The first kappa shape index (κ1) is 18.4. The zero-order valence-electron chi connectivity index (χ0n) is 13.6. The van der Waals surface area contributed by atoms with E-state index in [1.54, 1.807) is 0 Å². The van der Waals surface area contributed by atoms with Crippen LogP contribution in [0.25, 0.3) is 0 Å². The number of nitrogens with zero attached hydrogens (tertiary/aromatic N) is 1. The van der Waals surface area contributed by atoms with E-state index in [1.807, 2.05) is 14.0 Å². The molecule has 0 aromatic heterocycles. The number of methoxy groups -OCH3 is 1. The molecule has 0 radical (unpaired) electrons. The number of carbonyl (C=O) groups excluding carboxylic acids is 1. The maximum Gasteiger partial charge on any atom is 0.325 e. The van der Waals surface area contributed by atoms with E-state index in [2.05, 4.69) is 31.1 Å². The first-order valence-corrected chi connectivity index (χ1v) is 7.31. The van der Waals surface area contributed by atoms with Crippen molar-refractivity contribution in [1.82, 2.24) is 10.2 Å². The van der Waals surface area contributed by atoms with Crippen LogP contribution in [0.1, 0.15) is 46.5 Å². The van der Waals surface area contributed by atoms with Gasteiger partial charge in [0.15, 0.2) is 0 Å². The number of hydrogen-bond donors (Lipinski definition) is 1. The highest BCUT2D eigenvalue weighted by molar-refractivity contribution is 5.80. The molecule has 0 rings (SSSR count). The van der Waals surface area contributed by atoms with Crippen molar-refractivity contribution in [3.05, 3.63) is 0 Å². The highest BCUT2D eigenvalue weighted by Crippen LogP contribution is 2.15. The Balaban J connectivity index is 3.86. The maximum atomic E-state index is 11.7.